The van der Waals surface area contributed by atoms with E-state index in [2.05, 4.69) is 80.9 Å². The summed E-state index contributed by atoms with van der Waals surface area (Å²) in [5.74, 6) is 1.84. The van der Waals surface area contributed by atoms with Gasteiger partial charge in [-0.15, -0.1) is 0 Å². The fourth-order valence-electron chi connectivity index (χ4n) is 6.59. The summed E-state index contributed by atoms with van der Waals surface area (Å²) in [4.78, 5) is 31.2. The molecule has 7 rings (SSSR count). The van der Waals surface area contributed by atoms with Gasteiger partial charge in [0.2, 0.25) is 0 Å². The second-order valence-corrected chi connectivity index (χ2v) is 13.4. The number of nitrogens with one attached hydrogen (secondary N) is 3. The molecule has 2 aromatic heterocycles. The molecule has 45 heavy (non-hydrogen) atoms. The number of nitrogens with zero attached hydrogens (tertiary/aromatic N) is 3. The summed E-state index contributed by atoms with van der Waals surface area (Å²) in [5.41, 5.74) is 6.02. The molecule has 2 fully saturated rings. The van der Waals surface area contributed by atoms with E-state index in [1.54, 1.807) is 0 Å². The van der Waals surface area contributed by atoms with Crippen LogP contribution in [-0.4, -0.2) is 49.6 Å². The molecule has 2 aliphatic rings. The van der Waals surface area contributed by atoms with Crippen molar-refractivity contribution in [3.8, 4) is 33.6 Å². The molecule has 8 nitrogen and oxygen atoms in total. The van der Waals surface area contributed by atoms with E-state index in [1.807, 2.05) is 38.1 Å². The molecule has 4 heterocycles. The van der Waals surface area contributed by atoms with Gasteiger partial charge >= 0.3 is 6.09 Å². The van der Waals surface area contributed by atoms with Crippen LogP contribution in [0.4, 0.5) is 4.79 Å². The van der Waals surface area contributed by atoms with Crippen molar-refractivity contribution in [1.29, 1.82) is 0 Å². The lowest BCUT2D eigenvalue weighted by molar-refractivity contribution is 0.00854. The number of hydrogen-bond donors (Lipinski definition) is 3. The molecule has 8 heteroatoms. The largest absolute Gasteiger partial charge is 0.444 e. The molecule has 3 aromatic carbocycles. The lowest BCUT2D eigenvalue weighted by atomic mass is 9.98. The predicted molar refractivity (Wildman–Crippen MR) is 179 cm³/mol. The highest BCUT2D eigenvalue weighted by molar-refractivity contribution is 5.90. The Morgan fingerprint density at radius 1 is 0.756 bits per heavy atom. The van der Waals surface area contributed by atoms with Crippen molar-refractivity contribution in [2.75, 3.05) is 13.1 Å². The number of amides is 1. The zero-order chi connectivity index (χ0) is 31.0. The molecule has 2 atom stereocenters. The Kier molecular flexibility index (Phi) is 7.92. The zero-order valence-corrected chi connectivity index (χ0v) is 26.4. The molecule has 0 bridgehead atoms. The molecule has 0 saturated carbocycles. The standard InChI is InChI=1S/C37H42N6O2/c1-37(2,3)45-36(44)43-19-7-5-9-33(43)35-40-22-31(42-35)25-12-10-24(11-13-25)26-14-15-28-21-29(17-16-27(28)20-26)32-23-39-34(41-32)30-8-4-6-18-38-30/h10-17,20-23,30,33,38H,4-9,18-19H2,1-3H3,(H,39,41)(H,40,42)/t30-,33-/m0/s1. The number of aromatic nitrogens is 4. The highest BCUT2D eigenvalue weighted by Gasteiger charge is 2.33. The van der Waals surface area contributed by atoms with Gasteiger partial charge in [0.15, 0.2) is 0 Å². The van der Waals surface area contributed by atoms with Crippen LogP contribution in [0.1, 0.15) is 83.0 Å². The quantitative estimate of drug-likeness (QED) is 0.187. The Morgan fingerprint density at radius 2 is 1.38 bits per heavy atom. The number of piperidine rings is 2. The molecular formula is C37H42N6O2. The Hall–Kier alpha value is -4.43. The molecule has 1 amide bonds. The van der Waals surface area contributed by atoms with Gasteiger partial charge in [0, 0.05) is 12.1 Å². The molecule has 0 unspecified atom stereocenters. The first-order valence-electron chi connectivity index (χ1n) is 16.3. The van der Waals surface area contributed by atoms with Crippen molar-refractivity contribution >= 4 is 16.9 Å². The lowest BCUT2D eigenvalue weighted by Gasteiger charge is -2.35. The van der Waals surface area contributed by atoms with Gasteiger partial charge in [-0.1, -0.05) is 55.0 Å². The Balaban J connectivity index is 1.06. The summed E-state index contributed by atoms with van der Waals surface area (Å²) in [6.45, 7) is 7.44. The van der Waals surface area contributed by atoms with Crippen LogP contribution in [0.15, 0.2) is 73.1 Å². The Morgan fingerprint density at radius 3 is 2.11 bits per heavy atom. The van der Waals surface area contributed by atoms with Crippen LogP contribution in [0.5, 0.6) is 0 Å². The molecule has 0 aliphatic carbocycles. The van der Waals surface area contributed by atoms with Crippen LogP contribution in [0, 0.1) is 0 Å². The minimum Gasteiger partial charge on any atom is -0.444 e. The maximum Gasteiger partial charge on any atom is 0.410 e. The molecule has 2 aliphatic heterocycles. The van der Waals surface area contributed by atoms with Crippen molar-refractivity contribution in [2.24, 2.45) is 0 Å². The average Bonchev–Trinajstić information content (AvgIpc) is 3.75. The normalized spacial score (nSPS) is 19.1. The minimum absolute atomic E-state index is 0.107. The van der Waals surface area contributed by atoms with E-state index in [4.69, 9.17) is 9.72 Å². The van der Waals surface area contributed by atoms with Gasteiger partial charge < -0.3 is 20.0 Å². The highest BCUT2D eigenvalue weighted by atomic mass is 16.6. The summed E-state index contributed by atoms with van der Waals surface area (Å²) in [7, 11) is 0. The number of rotatable bonds is 5. The first-order valence-corrected chi connectivity index (χ1v) is 16.3. The summed E-state index contributed by atoms with van der Waals surface area (Å²) >= 11 is 0. The first-order chi connectivity index (χ1) is 21.8. The molecule has 3 N–H and O–H groups in total. The van der Waals surface area contributed by atoms with Crippen LogP contribution in [0.3, 0.4) is 0 Å². The number of benzene rings is 3. The van der Waals surface area contributed by atoms with E-state index in [-0.39, 0.29) is 12.1 Å². The van der Waals surface area contributed by atoms with Crippen molar-refractivity contribution in [3.63, 3.8) is 0 Å². The number of carbonyl (C=O) groups is 1. The van der Waals surface area contributed by atoms with Crippen molar-refractivity contribution < 1.29 is 9.53 Å². The van der Waals surface area contributed by atoms with Gasteiger partial charge in [-0.3, -0.25) is 4.90 Å². The van der Waals surface area contributed by atoms with Gasteiger partial charge in [-0.25, -0.2) is 14.8 Å². The SMILES string of the molecule is CC(C)(C)OC(=O)N1CCCC[C@H]1c1ncc(-c2ccc(-c3ccc4cc(-c5cnc([C@@H]6CCCCN6)[nH]5)ccc4c3)cc2)[nH]1. The van der Waals surface area contributed by atoms with E-state index in [9.17, 15) is 4.79 Å². The molecular weight excluding hydrogens is 560 g/mol. The van der Waals surface area contributed by atoms with Gasteiger partial charge in [-0.05, 0) is 99.0 Å². The van der Waals surface area contributed by atoms with Crippen LogP contribution in [0.2, 0.25) is 0 Å². The van der Waals surface area contributed by atoms with E-state index >= 15 is 0 Å². The number of likely N-dealkylation sites (tertiary alicyclic amines) is 1. The fourth-order valence-corrected chi connectivity index (χ4v) is 6.59. The minimum atomic E-state index is -0.528. The number of H-pyrrole nitrogens is 2. The molecule has 5 aromatic rings. The maximum absolute atomic E-state index is 12.9. The number of aromatic amines is 2. The summed E-state index contributed by atoms with van der Waals surface area (Å²) in [5, 5.41) is 5.98. The number of imidazole rings is 2. The van der Waals surface area contributed by atoms with Gasteiger partial charge in [0.1, 0.15) is 17.2 Å². The third-order valence-corrected chi connectivity index (χ3v) is 8.96. The number of fused-ring (bicyclic) bond motifs is 1. The summed E-state index contributed by atoms with van der Waals surface area (Å²) in [6.07, 6.45) is 10.1. The third-order valence-electron chi connectivity index (χ3n) is 8.96. The Labute approximate surface area is 264 Å². The van der Waals surface area contributed by atoms with Crippen molar-refractivity contribution in [1.82, 2.24) is 30.2 Å². The van der Waals surface area contributed by atoms with Gasteiger partial charge in [0.25, 0.3) is 0 Å². The van der Waals surface area contributed by atoms with Crippen LogP contribution >= 0.6 is 0 Å². The lowest BCUT2D eigenvalue weighted by Crippen LogP contribution is -2.42. The number of ether oxygens (including phenoxy) is 1. The van der Waals surface area contributed by atoms with Crippen molar-refractivity contribution in [3.05, 3.63) is 84.7 Å². The van der Waals surface area contributed by atoms with Gasteiger partial charge in [0.05, 0.1) is 35.9 Å². The second-order valence-electron chi connectivity index (χ2n) is 13.4. The summed E-state index contributed by atoms with van der Waals surface area (Å²) < 4.78 is 5.69. The number of hydrogen-bond acceptors (Lipinski definition) is 5. The number of carbonyl (C=O) groups excluding carboxylic acids is 1. The second kappa shape index (κ2) is 12.2. The predicted octanol–water partition coefficient (Wildman–Crippen LogP) is 8.56. The Bertz CT molecular complexity index is 1790. The smallest absolute Gasteiger partial charge is 0.410 e. The maximum atomic E-state index is 12.9. The monoisotopic (exact) mass is 602 g/mol. The van der Waals surface area contributed by atoms with Crippen LogP contribution in [0.25, 0.3) is 44.4 Å². The molecule has 232 valence electrons. The molecule has 0 radical (unpaired) electrons. The fraction of sp³-hybridized carbons (Fsp3) is 0.378. The highest BCUT2D eigenvalue weighted by Crippen LogP contribution is 2.33. The topological polar surface area (TPSA) is 98.9 Å². The van der Waals surface area contributed by atoms with E-state index in [0.29, 0.717) is 12.6 Å². The van der Waals surface area contributed by atoms with Gasteiger partial charge in [-0.2, -0.15) is 0 Å². The van der Waals surface area contributed by atoms with E-state index in [1.165, 1.54) is 29.2 Å². The van der Waals surface area contributed by atoms with E-state index < -0.39 is 5.60 Å². The zero-order valence-electron chi connectivity index (χ0n) is 26.4. The van der Waals surface area contributed by atoms with Crippen LogP contribution in [-0.2, 0) is 4.74 Å². The third kappa shape index (κ3) is 6.38. The van der Waals surface area contributed by atoms with Crippen LogP contribution < -0.4 is 5.32 Å². The first kappa shape index (κ1) is 29.3. The van der Waals surface area contributed by atoms with Crippen molar-refractivity contribution in [2.45, 2.75) is 77.0 Å². The molecule has 2 saturated heterocycles. The molecule has 0 spiro atoms. The van der Waals surface area contributed by atoms with E-state index in [0.717, 1.165) is 72.0 Å². The summed E-state index contributed by atoms with van der Waals surface area (Å²) in [6, 6.07) is 22.0. The average molecular weight is 603 g/mol.